The Balaban J connectivity index is 1.76. The van der Waals surface area contributed by atoms with Gasteiger partial charge in [-0.25, -0.2) is 9.37 Å². The molecule has 1 aromatic carbocycles. The van der Waals surface area contributed by atoms with E-state index in [0.29, 0.717) is 26.3 Å². The van der Waals surface area contributed by atoms with Gasteiger partial charge in [-0.1, -0.05) is 6.07 Å². The molecule has 170 valence electrons. The predicted octanol–water partition coefficient (Wildman–Crippen LogP) is 3.38. The van der Waals surface area contributed by atoms with Gasteiger partial charge in [-0.05, 0) is 18.2 Å². The zero-order valence-electron chi connectivity index (χ0n) is 17.2. The van der Waals surface area contributed by atoms with Crippen molar-refractivity contribution in [2.75, 3.05) is 40.0 Å². The number of hydrogen-bond donors (Lipinski definition) is 0. The average molecular weight is 452 g/mol. The first-order valence-corrected chi connectivity index (χ1v) is 9.89. The monoisotopic (exact) mass is 452 g/mol. The standard InChI is InChI=1S/C21H20F4N4O3/c1-31-9-8-29-16-4-5-26-17(18(16)27-20(29)21(23,24)25)13-2-3-14(15(22)12-13)19(30)28-6-10-32-11-7-28/h2-5,12H,6-11H2,1H3. The van der Waals surface area contributed by atoms with Gasteiger partial charge in [-0.15, -0.1) is 0 Å². The molecule has 0 radical (unpaired) electrons. The van der Waals surface area contributed by atoms with Crippen molar-refractivity contribution in [3.8, 4) is 11.3 Å². The maximum absolute atomic E-state index is 14.9. The Morgan fingerprint density at radius 1 is 1.22 bits per heavy atom. The molecular formula is C21H20F4N4O3. The van der Waals surface area contributed by atoms with Crippen LogP contribution >= 0.6 is 0 Å². The number of carbonyl (C=O) groups excluding carboxylic acids is 1. The van der Waals surface area contributed by atoms with Crippen LogP contribution in [-0.2, 0) is 22.2 Å². The third-order valence-corrected chi connectivity index (χ3v) is 5.21. The largest absolute Gasteiger partial charge is 0.449 e. The van der Waals surface area contributed by atoms with Crippen molar-refractivity contribution < 1.29 is 31.8 Å². The normalized spacial score (nSPS) is 14.8. The fourth-order valence-corrected chi connectivity index (χ4v) is 3.66. The van der Waals surface area contributed by atoms with Gasteiger partial charge in [0.2, 0.25) is 5.82 Å². The number of fused-ring (bicyclic) bond motifs is 1. The summed E-state index contributed by atoms with van der Waals surface area (Å²) in [5.74, 6) is -2.34. The molecule has 0 atom stereocenters. The first-order chi connectivity index (χ1) is 15.3. The van der Waals surface area contributed by atoms with Crippen molar-refractivity contribution in [1.82, 2.24) is 19.4 Å². The van der Waals surface area contributed by atoms with E-state index in [0.717, 1.165) is 10.6 Å². The van der Waals surface area contributed by atoms with Crippen LogP contribution in [0.3, 0.4) is 0 Å². The number of hydrogen-bond acceptors (Lipinski definition) is 5. The second-order valence-electron chi connectivity index (χ2n) is 7.20. The molecule has 4 rings (SSSR count). The van der Waals surface area contributed by atoms with Gasteiger partial charge < -0.3 is 18.9 Å². The number of halogens is 4. The molecular weight excluding hydrogens is 432 g/mol. The van der Waals surface area contributed by atoms with E-state index >= 15 is 0 Å². The molecule has 3 heterocycles. The molecule has 0 spiro atoms. The number of imidazole rings is 1. The molecule has 1 aliphatic heterocycles. The van der Waals surface area contributed by atoms with Crippen LogP contribution in [0.15, 0.2) is 30.5 Å². The van der Waals surface area contributed by atoms with Crippen LogP contribution in [0.4, 0.5) is 17.6 Å². The van der Waals surface area contributed by atoms with Gasteiger partial charge in [0.25, 0.3) is 5.91 Å². The van der Waals surface area contributed by atoms with Crippen LogP contribution in [-0.4, -0.2) is 65.4 Å². The zero-order valence-corrected chi connectivity index (χ0v) is 17.2. The fourth-order valence-electron chi connectivity index (χ4n) is 3.66. The highest BCUT2D eigenvalue weighted by Crippen LogP contribution is 2.34. The van der Waals surface area contributed by atoms with E-state index in [1.54, 1.807) is 0 Å². The Bertz CT molecular complexity index is 1140. The molecule has 1 aliphatic rings. The van der Waals surface area contributed by atoms with Crippen LogP contribution in [0.5, 0.6) is 0 Å². The Labute approximate surface area is 180 Å². The Morgan fingerprint density at radius 2 is 1.97 bits per heavy atom. The van der Waals surface area contributed by atoms with Gasteiger partial charge in [-0.2, -0.15) is 13.2 Å². The Kier molecular flexibility index (Phi) is 6.11. The first-order valence-electron chi connectivity index (χ1n) is 9.89. The minimum atomic E-state index is -4.69. The molecule has 1 saturated heterocycles. The number of amides is 1. The lowest BCUT2D eigenvalue weighted by Gasteiger charge is -2.27. The maximum Gasteiger partial charge on any atom is 0.449 e. The molecule has 7 nitrogen and oxygen atoms in total. The summed E-state index contributed by atoms with van der Waals surface area (Å²) < 4.78 is 66.7. The third-order valence-electron chi connectivity index (χ3n) is 5.21. The summed E-state index contributed by atoms with van der Waals surface area (Å²) in [5.41, 5.74) is 0.380. The number of ether oxygens (including phenoxy) is 2. The molecule has 11 heteroatoms. The van der Waals surface area contributed by atoms with Crippen LogP contribution in [0.2, 0.25) is 0 Å². The second kappa shape index (κ2) is 8.83. The van der Waals surface area contributed by atoms with E-state index in [4.69, 9.17) is 9.47 Å². The lowest BCUT2D eigenvalue weighted by molar-refractivity contribution is -0.147. The zero-order chi connectivity index (χ0) is 22.9. The highest BCUT2D eigenvalue weighted by atomic mass is 19.4. The SMILES string of the molecule is COCCn1c(C(F)(F)F)nc2c(-c3ccc(C(=O)N4CCOCC4)c(F)c3)nccc21. The molecule has 0 aliphatic carbocycles. The summed E-state index contributed by atoms with van der Waals surface area (Å²) >= 11 is 0. The quantitative estimate of drug-likeness (QED) is 0.556. The number of morpholine rings is 1. The Morgan fingerprint density at radius 3 is 2.62 bits per heavy atom. The number of nitrogens with zero attached hydrogens (tertiary/aromatic N) is 4. The average Bonchev–Trinajstić information content (AvgIpc) is 3.17. The molecule has 0 bridgehead atoms. The first kappa shape index (κ1) is 22.2. The number of benzene rings is 1. The van der Waals surface area contributed by atoms with Crippen molar-refractivity contribution >= 4 is 16.9 Å². The van der Waals surface area contributed by atoms with Crippen molar-refractivity contribution in [1.29, 1.82) is 0 Å². The molecule has 2 aromatic heterocycles. The Hall–Kier alpha value is -3.05. The summed E-state index contributed by atoms with van der Waals surface area (Å²) in [6, 6.07) is 5.29. The molecule has 1 fully saturated rings. The smallest absolute Gasteiger partial charge is 0.383 e. The van der Waals surface area contributed by atoms with E-state index in [9.17, 15) is 22.4 Å². The van der Waals surface area contributed by atoms with Crippen LogP contribution in [0.1, 0.15) is 16.2 Å². The minimum Gasteiger partial charge on any atom is -0.383 e. The molecule has 0 saturated carbocycles. The molecule has 32 heavy (non-hydrogen) atoms. The molecule has 3 aromatic rings. The van der Waals surface area contributed by atoms with Crippen molar-refractivity contribution in [2.45, 2.75) is 12.7 Å². The van der Waals surface area contributed by atoms with E-state index in [2.05, 4.69) is 9.97 Å². The van der Waals surface area contributed by atoms with Crippen LogP contribution in [0, 0.1) is 5.82 Å². The van der Waals surface area contributed by atoms with E-state index < -0.39 is 23.7 Å². The highest BCUT2D eigenvalue weighted by molar-refractivity contribution is 5.96. The lowest BCUT2D eigenvalue weighted by Crippen LogP contribution is -2.41. The number of methoxy groups -OCH3 is 1. The van der Waals surface area contributed by atoms with Crippen LogP contribution in [0.25, 0.3) is 22.3 Å². The predicted molar refractivity (Wildman–Crippen MR) is 107 cm³/mol. The number of aromatic nitrogens is 3. The summed E-state index contributed by atoms with van der Waals surface area (Å²) in [5, 5.41) is 0. The van der Waals surface area contributed by atoms with E-state index in [1.807, 2.05) is 0 Å². The number of pyridine rings is 1. The number of carbonyl (C=O) groups is 1. The van der Waals surface area contributed by atoms with Gasteiger partial charge >= 0.3 is 6.18 Å². The second-order valence-corrected chi connectivity index (χ2v) is 7.20. The molecule has 1 amide bonds. The van der Waals surface area contributed by atoms with Gasteiger partial charge in [-0.3, -0.25) is 9.78 Å². The van der Waals surface area contributed by atoms with Gasteiger partial charge in [0.05, 0.1) is 36.6 Å². The van der Waals surface area contributed by atoms with Gasteiger partial charge in [0.1, 0.15) is 11.3 Å². The van der Waals surface area contributed by atoms with Crippen LogP contribution < -0.4 is 0 Å². The van der Waals surface area contributed by atoms with E-state index in [-0.39, 0.29) is 41.0 Å². The lowest BCUT2D eigenvalue weighted by atomic mass is 10.1. The summed E-state index contributed by atoms with van der Waals surface area (Å²) in [6.45, 7) is 1.47. The number of rotatable bonds is 5. The maximum atomic E-state index is 14.9. The topological polar surface area (TPSA) is 69.5 Å². The van der Waals surface area contributed by atoms with Gasteiger partial charge in [0, 0.05) is 38.5 Å². The fraction of sp³-hybridized carbons (Fsp3) is 0.381. The van der Waals surface area contributed by atoms with Crippen molar-refractivity contribution in [3.05, 3.63) is 47.7 Å². The summed E-state index contributed by atoms with van der Waals surface area (Å²) in [4.78, 5) is 22.0. The number of alkyl halides is 3. The van der Waals surface area contributed by atoms with Gasteiger partial charge in [0.15, 0.2) is 0 Å². The van der Waals surface area contributed by atoms with Crippen molar-refractivity contribution in [3.63, 3.8) is 0 Å². The summed E-state index contributed by atoms with van der Waals surface area (Å²) in [7, 11) is 1.39. The van der Waals surface area contributed by atoms with E-state index in [1.165, 1.54) is 36.4 Å². The molecule has 0 unspecified atom stereocenters. The molecule has 0 N–H and O–H groups in total. The summed E-state index contributed by atoms with van der Waals surface area (Å²) in [6.07, 6.45) is -3.35. The highest BCUT2D eigenvalue weighted by Gasteiger charge is 2.38. The minimum absolute atomic E-state index is 0.0115. The third kappa shape index (κ3) is 4.17. The van der Waals surface area contributed by atoms with Crippen molar-refractivity contribution in [2.24, 2.45) is 0 Å².